The molecule has 0 atom stereocenters. The number of carbonyl (C=O) groups is 1. The Balaban J connectivity index is 2.03. The van der Waals surface area contributed by atoms with Gasteiger partial charge in [0.2, 0.25) is 0 Å². The molecule has 7 heteroatoms. The fourth-order valence-electron chi connectivity index (χ4n) is 2.23. The Kier molecular flexibility index (Phi) is 5.63. The standard InChI is InChI=1S/C18H14ClNO3S2/c1-23-14-8-4-11(5-9-14)16-17(12-2-6-13(19)7-3-12)25-18(20-16)24-10-15(21)22/h2-9H,10H2,1H3,(H,21,22). The molecule has 2 aromatic carbocycles. The second-order valence-electron chi connectivity index (χ2n) is 5.08. The average molecular weight is 392 g/mol. The van der Waals surface area contributed by atoms with E-state index < -0.39 is 5.97 Å². The van der Waals surface area contributed by atoms with E-state index in [1.165, 1.54) is 23.1 Å². The monoisotopic (exact) mass is 391 g/mol. The Morgan fingerprint density at radius 1 is 1.16 bits per heavy atom. The minimum Gasteiger partial charge on any atom is -0.497 e. The van der Waals surface area contributed by atoms with Gasteiger partial charge in [0.05, 0.1) is 23.4 Å². The second-order valence-corrected chi connectivity index (χ2v) is 7.73. The van der Waals surface area contributed by atoms with E-state index in [-0.39, 0.29) is 5.75 Å². The van der Waals surface area contributed by atoms with Gasteiger partial charge in [-0.25, -0.2) is 4.98 Å². The number of thioether (sulfide) groups is 1. The van der Waals surface area contributed by atoms with Gasteiger partial charge in [-0.3, -0.25) is 4.79 Å². The third kappa shape index (κ3) is 4.34. The molecule has 25 heavy (non-hydrogen) atoms. The van der Waals surface area contributed by atoms with Gasteiger partial charge in [-0.05, 0) is 42.0 Å². The second kappa shape index (κ2) is 7.91. The fraction of sp³-hybridized carbons (Fsp3) is 0.111. The number of halogens is 1. The van der Waals surface area contributed by atoms with Crippen LogP contribution in [-0.2, 0) is 4.79 Å². The van der Waals surface area contributed by atoms with Crippen LogP contribution in [0.15, 0.2) is 52.9 Å². The van der Waals surface area contributed by atoms with E-state index in [1.807, 2.05) is 48.5 Å². The molecule has 0 fully saturated rings. The molecule has 0 aliphatic heterocycles. The van der Waals surface area contributed by atoms with Crippen LogP contribution in [-0.4, -0.2) is 28.9 Å². The van der Waals surface area contributed by atoms with Gasteiger partial charge in [0.1, 0.15) is 5.75 Å². The lowest BCUT2D eigenvalue weighted by Crippen LogP contribution is -1.96. The summed E-state index contributed by atoms with van der Waals surface area (Å²) in [6.07, 6.45) is 0. The molecule has 0 amide bonds. The average Bonchev–Trinajstić information content (AvgIpc) is 3.05. The highest BCUT2D eigenvalue weighted by Gasteiger charge is 2.16. The Hall–Kier alpha value is -2.02. The third-order valence-electron chi connectivity index (χ3n) is 3.40. The van der Waals surface area contributed by atoms with Crippen molar-refractivity contribution in [2.75, 3.05) is 12.9 Å². The summed E-state index contributed by atoms with van der Waals surface area (Å²) in [6, 6.07) is 15.2. The summed E-state index contributed by atoms with van der Waals surface area (Å²) < 4.78 is 5.92. The maximum Gasteiger partial charge on any atom is 0.313 e. The first-order valence-corrected chi connectivity index (χ1v) is 9.50. The largest absolute Gasteiger partial charge is 0.497 e. The first-order valence-electron chi connectivity index (χ1n) is 7.32. The molecule has 0 saturated heterocycles. The van der Waals surface area contributed by atoms with Crippen molar-refractivity contribution in [1.29, 1.82) is 0 Å². The predicted molar refractivity (Wildman–Crippen MR) is 103 cm³/mol. The Morgan fingerprint density at radius 3 is 2.40 bits per heavy atom. The van der Waals surface area contributed by atoms with Crippen LogP contribution in [0.1, 0.15) is 0 Å². The van der Waals surface area contributed by atoms with E-state index in [9.17, 15) is 4.79 Å². The van der Waals surface area contributed by atoms with Crippen molar-refractivity contribution >= 4 is 40.7 Å². The van der Waals surface area contributed by atoms with Gasteiger partial charge < -0.3 is 9.84 Å². The number of carboxylic acid groups (broad SMARTS) is 1. The highest BCUT2D eigenvalue weighted by molar-refractivity contribution is 8.01. The minimum absolute atomic E-state index is 0.0182. The number of rotatable bonds is 6. The highest BCUT2D eigenvalue weighted by Crippen LogP contribution is 2.40. The van der Waals surface area contributed by atoms with Crippen molar-refractivity contribution in [1.82, 2.24) is 4.98 Å². The number of hydrogen-bond donors (Lipinski definition) is 1. The van der Waals surface area contributed by atoms with Crippen LogP contribution < -0.4 is 4.74 Å². The highest BCUT2D eigenvalue weighted by atomic mass is 35.5. The minimum atomic E-state index is -0.862. The molecule has 3 aromatic rings. The summed E-state index contributed by atoms with van der Waals surface area (Å²) >= 11 is 8.68. The van der Waals surface area contributed by atoms with Crippen LogP contribution in [0.25, 0.3) is 21.7 Å². The summed E-state index contributed by atoms with van der Waals surface area (Å²) in [7, 11) is 1.62. The van der Waals surface area contributed by atoms with E-state index >= 15 is 0 Å². The Morgan fingerprint density at radius 2 is 1.80 bits per heavy atom. The number of thiazole rings is 1. The zero-order valence-electron chi connectivity index (χ0n) is 13.2. The normalized spacial score (nSPS) is 10.6. The molecule has 0 saturated carbocycles. The van der Waals surface area contributed by atoms with Gasteiger partial charge >= 0.3 is 5.97 Å². The molecule has 3 rings (SSSR count). The lowest BCUT2D eigenvalue weighted by Gasteiger charge is -2.04. The smallest absolute Gasteiger partial charge is 0.313 e. The number of hydrogen-bond acceptors (Lipinski definition) is 5. The summed E-state index contributed by atoms with van der Waals surface area (Å²) in [5, 5.41) is 9.57. The summed E-state index contributed by atoms with van der Waals surface area (Å²) in [5.41, 5.74) is 2.77. The SMILES string of the molecule is COc1ccc(-c2nc(SCC(=O)O)sc2-c2ccc(Cl)cc2)cc1. The van der Waals surface area contributed by atoms with Crippen molar-refractivity contribution in [3.8, 4) is 27.4 Å². The molecule has 0 aliphatic carbocycles. The molecular weight excluding hydrogens is 378 g/mol. The van der Waals surface area contributed by atoms with E-state index in [4.69, 9.17) is 21.4 Å². The van der Waals surface area contributed by atoms with Crippen LogP contribution in [0.5, 0.6) is 5.75 Å². The van der Waals surface area contributed by atoms with Gasteiger partial charge in [0, 0.05) is 10.6 Å². The van der Waals surface area contributed by atoms with E-state index in [0.717, 1.165) is 31.8 Å². The molecule has 1 N–H and O–H groups in total. The molecule has 0 unspecified atom stereocenters. The summed E-state index contributed by atoms with van der Waals surface area (Å²) in [6.45, 7) is 0. The molecule has 0 spiro atoms. The van der Waals surface area contributed by atoms with Crippen LogP contribution in [0, 0.1) is 0 Å². The van der Waals surface area contributed by atoms with Crippen LogP contribution in [0.3, 0.4) is 0 Å². The van der Waals surface area contributed by atoms with Crippen molar-refractivity contribution in [3.63, 3.8) is 0 Å². The van der Waals surface area contributed by atoms with Crippen LogP contribution in [0.2, 0.25) is 5.02 Å². The van der Waals surface area contributed by atoms with Gasteiger partial charge in [-0.2, -0.15) is 0 Å². The van der Waals surface area contributed by atoms with Crippen LogP contribution in [0.4, 0.5) is 0 Å². The topological polar surface area (TPSA) is 59.4 Å². The van der Waals surface area contributed by atoms with Crippen molar-refractivity contribution < 1.29 is 14.6 Å². The first kappa shape index (κ1) is 17.8. The molecule has 1 aromatic heterocycles. The van der Waals surface area contributed by atoms with Crippen molar-refractivity contribution in [2.45, 2.75) is 4.34 Å². The number of carboxylic acids is 1. The zero-order chi connectivity index (χ0) is 17.8. The molecule has 0 aliphatic rings. The van der Waals surface area contributed by atoms with E-state index in [2.05, 4.69) is 4.98 Å². The van der Waals surface area contributed by atoms with E-state index in [1.54, 1.807) is 7.11 Å². The molecule has 1 heterocycles. The fourth-order valence-corrected chi connectivity index (χ4v) is 4.24. The van der Waals surface area contributed by atoms with E-state index in [0.29, 0.717) is 5.02 Å². The van der Waals surface area contributed by atoms with Crippen LogP contribution >= 0.6 is 34.7 Å². The lowest BCUT2D eigenvalue weighted by molar-refractivity contribution is -0.133. The number of benzene rings is 2. The summed E-state index contributed by atoms with van der Waals surface area (Å²) in [5.74, 6) is -0.109. The summed E-state index contributed by atoms with van der Waals surface area (Å²) in [4.78, 5) is 16.5. The first-order chi connectivity index (χ1) is 12.1. The van der Waals surface area contributed by atoms with Gasteiger partial charge in [0.25, 0.3) is 0 Å². The number of aliphatic carboxylic acids is 1. The number of nitrogens with zero attached hydrogens (tertiary/aromatic N) is 1. The number of aromatic nitrogens is 1. The van der Waals surface area contributed by atoms with Gasteiger partial charge in [0.15, 0.2) is 4.34 Å². The van der Waals surface area contributed by atoms with Crippen molar-refractivity contribution in [2.24, 2.45) is 0 Å². The third-order valence-corrected chi connectivity index (χ3v) is 5.88. The Bertz CT molecular complexity index is 876. The Labute approximate surface area is 158 Å². The van der Waals surface area contributed by atoms with Gasteiger partial charge in [-0.1, -0.05) is 35.5 Å². The van der Waals surface area contributed by atoms with Crippen molar-refractivity contribution in [3.05, 3.63) is 53.6 Å². The van der Waals surface area contributed by atoms with Gasteiger partial charge in [-0.15, -0.1) is 11.3 Å². The quantitative estimate of drug-likeness (QED) is 0.576. The number of ether oxygens (including phenoxy) is 1. The molecule has 0 bridgehead atoms. The molecule has 128 valence electrons. The molecule has 4 nitrogen and oxygen atoms in total. The zero-order valence-corrected chi connectivity index (χ0v) is 15.6. The predicted octanol–water partition coefficient (Wildman–Crippen LogP) is 5.32. The lowest BCUT2D eigenvalue weighted by atomic mass is 10.1. The molecular formula is C18H14ClNO3S2. The molecule has 0 radical (unpaired) electrons. The number of methoxy groups -OCH3 is 1. The maximum atomic E-state index is 10.8. The maximum absolute atomic E-state index is 10.8.